The Labute approximate surface area is 127 Å². The van der Waals surface area contributed by atoms with Gasteiger partial charge < -0.3 is 9.80 Å². The van der Waals surface area contributed by atoms with Crippen LogP contribution in [-0.4, -0.2) is 54.2 Å². The van der Waals surface area contributed by atoms with Crippen molar-refractivity contribution in [1.29, 1.82) is 0 Å². The minimum absolute atomic E-state index is 0.122. The van der Waals surface area contributed by atoms with Crippen molar-refractivity contribution in [2.75, 3.05) is 33.2 Å². The van der Waals surface area contributed by atoms with Gasteiger partial charge in [-0.3, -0.25) is 4.79 Å². The van der Waals surface area contributed by atoms with Crippen LogP contribution in [0.25, 0.3) is 0 Å². The van der Waals surface area contributed by atoms with Gasteiger partial charge in [0.25, 0.3) is 0 Å². The molecule has 0 N–H and O–H groups in total. The van der Waals surface area contributed by atoms with Crippen molar-refractivity contribution >= 4 is 18.5 Å². The third kappa shape index (κ3) is 4.53. The fourth-order valence-electron chi connectivity index (χ4n) is 2.59. The van der Waals surface area contributed by atoms with Gasteiger partial charge in [0.1, 0.15) is 0 Å². The predicted octanol–water partition coefficient (Wildman–Crippen LogP) is 2.08. The summed E-state index contributed by atoms with van der Waals surface area (Å²) in [6, 6.07) is 10.1. The lowest BCUT2D eigenvalue weighted by atomic mass is 10.1. The molecule has 0 aromatic heterocycles. The van der Waals surface area contributed by atoms with E-state index >= 15 is 0 Å². The molecule has 20 heavy (non-hydrogen) atoms. The average Bonchev–Trinajstić information content (AvgIpc) is 2.98. The summed E-state index contributed by atoms with van der Waals surface area (Å²) >= 11 is 4.47. The molecule has 1 aliphatic rings. The smallest absolute Gasteiger partial charge is 0.235 e. The highest BCUT2D eigenvalue weighted by molar-refractivity contribution is 7.81. The Kier molecular flexibility index (Phi) is 5.92. The minimum atomic E-state index is -0.249. The molecule has 1 atom stereocenters. The van der Waals surface area contributed by atoms with Gasteiger partial charge in [-0.25, -0.2) is 0 Å². The maximum Gasteiger partial charge on any atom is 0.235 e. The van der Waals surface area contributed by atoms with Crippen molar-refractivity contribution in [2.24, 2.45) is 0 Å². The third-order valence-corrected chi connectivity index (χ3v) is 4.29. The molecule has 1 saturated heterocycles. The molecule has 3 nitrogen and oxygen atoms in total. The van der Waals surface area contributed by atoms with E-state index in [0.717, 1.165) is 18.7 Å². The molecule has 0 spiro atoms. The van der Waals surface area contributed by atoms with Gasteiger partial charge in [0.05, 0.1) is 5.25 Å². The zero-order valence-electron chi connectivity index (χ0n) is 12.2. The number of hydrogen-bond donors (Lipinski definition) is 1. The summed E-state index contributed by atoms with van der Waals surface area (Å²) in [6.07, 6.45) is 3.28. The predicted molar refractivity (Wildman–Crippen MR) is 86.2 cm³/mol. The number of carbonyl (C=O) groups is 1. The van der Waals surface area contributed by atoms with Crippen molar-refractivity contribution in [1.82, 2.24) is 9.80 Å². The SMILES string of the molecule is CN(CCN1CCCC1)C(=O)C(S)Cc1ccccc1. The summed E-state index contributed by atoms with van der Waals surface area (Å²) in [5, 5.41) is -0.249. The first kappa shape index (κ1) is 15.4. The molecule has 1 unspecified atom stereocenters. The van der Waals surface area contributed by atoms with E-state index in [0.29, 0.717) is 6.42 Å². The molecule has 0 bridgehead atoms. The van der Waals surface area contributed by atoms with E-state index in [9.17, 15) is 4.79 Å². The largest absolute Gasteiger partial charge is 0.344 e. The molecule has 0 radical (unpaired) electrons. The van der Waals surface area contributed by atoms with Gasteiger partial charge in [0, 0.05) is 20.1 Å². The van der Waals surface area contributed by atoms with E-state index in [2.05, 4.69) is 17.5 Å². The molecule has 1 heterocycles. The molecule has 110 valence electrons. The van der Waals surface area contributed by atoms with Crippen LogP contribution >= 0.6 is 12.6 Å². The van der Waals surface area contributed by atoms with E-state index < -0.39 is 0 Å². The Balaban J connectivity index is 1.76. The van der Waals surface area contributed by atoms with Crippen LogP contribution in [0.2, 0.25) is 0 Å². The third-order valence-electron chi connectivity index (χ3n) is 3.88. The second-order valence-electron chi connectivity index (χ2n) is 5.51. The van der Waals surface area contributed by atoms with Crippen LogP contribution in [0.1, 0.15) is 18.4 Å². The number of thiol groups is 1. The average molecular weight is 292 g/mol. The molecule has 1 aliphatic heterocycles. The first-order chi connectivity index (χ1) is 9.66. The van der Waals surface area contributed by atoms with Gasteiger partial charge in [0.2, 0.25) is 5.91 Å². The van der Waals surface area contributed by atoms with Crippen molar-refractivity contribution in [2.45, 2.75) is 24.5 Å². The van der Waals surface area contributed by atoms with Crippen molar-refractivity contribution in [3.05, 3.63) is 35.9 Å². The second kappa shape index (κ2) is 7.70. The Bertz CT molecular complexity index is 418. The number of nitrogens with zero attached hydrogens (tertiary/aromatic N) is 2. The molecular weight excluding hydrogens is 268 g/mol. The molecule has 4 heteroatoms. The number of likely N-dealkylation sites (tertiary alicyclic amines) is 1. The van der Waals surface area contributed by atoms with E-state index in [1.165, 1.54) is 25.9 Å². The van der Waals surface area contributed by atoms with Crippen molar-refractivity contribution in [3.8, 4) is 0 Å². The lowest BCUT2D eigenvalue weighted by Gasteiger charge is -2.24. The lowest BCUT2D eigenvalue weighted by molar-refractivity contribution is -0.129. The van der Waals surface area contributed by atoms with Crippen LogP contribution in [0.4, 0.5) is 0 Å². The summed E-state index contributed by atoms with van der Waals surface area (Å²) < 4.78 is 0. The molecule has 1 aromatic rings. The number of carbonyl (C=O) groups excluding carboxylic acids is 1. The molecule has 1 fully saturated rings. The van der Waals surface area contributed by atoms with Gasteiger partial charge in [-0.2, -0.15) is 12.6 Å². The van der Waals surface area contributed by atoms with Crippen LogP contribution in [0.15, 0.2) is 30.3 Å². The van der Waals surface area contributed by atoms with E-state index in [1.54, 1.807) is 0 Å². The van der Waals surface area contributed by atoms with Gasteiger partial charge >= 0.3 is 0 Å². The number of likely N-dealkylation sites (N-methyl/N-ethyl adjacent to an activating group) is 1. The zero-order valence-corrected chi connectivity index (χ0v) is 13.1. The van der Waals surface area contributed by atoms with Crippen LogP contribution in [-0.2, 0) is 11.2 Å². The van der Waals surface area contributed by atoms with E-state index in [1.807, 2.05) is 42.3 Å². The molecule has 1 amide bonds. The maximum absolute atomic E-state index is 12.3. The minimum Gasteiger partial charge on any atom is -0.344 e. The summed E-state index contributed by atoms with van der Waals surface area (Å²) in [4.78, 5) is 16.5. The summed E-state index contributed by atoms with van der Waals surface area (Å²) in [6.45, 7) is 4.13. The fourth-order valence-corrected chi connectivity index (χ4v) is 2.99. The first-order valence-corrected chi connectivity index (χ1v) is 7.88. The molecule has 1 aromatic carbocycles. The molecule has 0 saturated carbocycles. The monoisotopic (exact) mass is 292 g/mol. The molecular formula is C16H24N2OS. The zero-order chi connectivity index (χ0) is 14.4. The Morgan fingerprint density at radius 3 is 2.60 bits per heavy atom. The van der Waals surface area contributed by atoms with Crippen LogP contribution < -0.4 is 0 Å². The van der Waals surface area contributed by atoms with Crippen LogP contribution in [0, 0.1) is 0 Å². The van der Waals surface area contributed by atoms with E-state index in [-0.39, 0.29) is 11.2 Å². The standard InChI is InChI=1S/C16H24N2OS/c1-17(11-12-18-9-5-6-10-18)16(19)15(20)13-14-7-3-2-4-8-14/h2-4,7-8,15,20H,5-6,9-13H2,1H3. The van der Waals surface area contributed by atoms with Gasteiger partial charge in [-0.15, -0.1) is 0 Å². The number of benzene rings is 1. The first-order valence-electron chi connectivity index (χ1n) is 7.36. The summed E-state index contributed by atoms with van der Waals surface area (Å²) in [5.41, 5.74) is 1.16. The Morgan fingerprint density at radius 2 is 1.95 bits per heavy atom. The normalized spacial score (nSPS) is 17.1. The highest BCUT2D eigenvalue weighted by Crippen LogP contribution is 2.11. The molecule has 0 aliphatic carbocycles. The summed E-state index contributed by atoms with van der Waals surface area (Å²) in [5.74, 6) is 0.122. The van der Waals surface area contributed by atoms with E-state index in [4.69, 9.17) is 0 Å². The van der Waals surface area contributed by atoms with Crippen LogP contribution in [0.3, 0.4) is 0 Å². The molecule has 2 rings (SSSR count). The summed E-state index contributed by atoms with van der Waals surface area (Å²) in [7, 11) is 1.88. The van der Waals surface area contributed by atoms with Crippen LogP contribution in [0.5, 0.6) is 0 Å². The topological polar surface area (TPSA) is 23.6 Å². The quantitative estimate of drug-likeness (QED) is 0.812. The highest BCUT2D eigenvalue weighted by Gasteiger charge is 2.20. The second-order valence-corrected chi connectivity index (χ2v) is 6.14. The Hall–Kier alpha value is -1.00. The number of hydrogen-bond acceptors (Lipinski definition) is 3. The van der Waals surface area contributed by atoms with Gasteiger partial charge in [-0.05, 0) is 37.9 Å². The maximum atomic E-state index is 12.3. The number of amides is 1. The fraction of sp³-hybridized carbons (Fsp3) is 0.562. The van der Waals surface area contributed by atoms with Crippen molar-refractivity contribution in [3.63, 3.8) is 0 Å². The number of rotatable bonds is 6. The Morgan fingerprint density at radius 1 is 1.30 bits per heavy atom. The van der Waals surface area contributed by atoms with Gasteiger partial charge in [0.15, 0.2) is 0 Å². The van der Waals surface area contributed by atoms with Crippen molar-refractivity contribution < 1.29 is 4.79 Å². The van der Waals surface area contributed by atoms with Gasteiger partial charge in [-0.1, -0.05) is 30.3 Å². The lowest BCUT2D eigenvalue weighted by Crippen LogP contribution is -2.39. The highest BCUT2D eigenvalue weighted by atomic mass is 32.1.